The monoisotopic (exact) mass is 346 g/mol. The summed E-state index contributed by atoms with van der Waals surface area (Å²) in [4.78, 5) is 11.6. The summed E-state index contributed by atoms with van der Waals surface area (Å²) in [5, 5.41) is 0.671. The molecule has 2 rings (SSSR count). The number of carbonyl (C=O) groups is 1. The van der Waals surface area contributed by atoms with Crippen LogP contribution in [-0.2, 0) is 16.1 Å². The van der Waals surface area contributed by atoms with Gasteiger partial charge < -0.3 is 14.2 Å². The minimum absolute atomic E-state index is 0.174. The number of halogens is 1. The second-order valence-electron chi connectivity index (χ2n) is 5.07. The molecule has 4 nitrogen and oxygen atoms in total. The quantitative estimate of drug-likeness (QED) is 0.524. The smallest absolute Gasteiger partial charge is 0.347 e. The largest absolute Gasteiger partial charge is 0.489 e. The summed E-state index contributed by atoms with van der Waals surface area (Å²) in [7, 11) is 0. The van der Waals surface area contributed by atoms with E-state index in [4.69, 9.17) is 25.8 Å². The summed E-state index contributed by atoms with van der Waals surface area (Å²) >= 11 is 5.83. The molecule has 0 aliphatic carbocycles. The van der Waals surface area contributed by atoms with Crippen LogP contribution in [0.3, 0.4) is 0 Å². The van der Waals surface area contributed by atoms with Crippen molar-refractivity contribution < 1.29 is 19.0 Å². The minimum atomic E-state index is -0.680. The van der Waals surface area contributed by atoms with E-state index in [0.717, 1.165) is 11.3 Å². The van der Waals surface area contributed by atoms with Crippen LogP contribution in [0.5, 0.6) is 11.5 Å². The van der Waals surface area contributed by atoms with E-state index in [9.17, 15) is 4.79 Å². The summed E-state index contributed by atoms with van der Waals surface area (Å²) < 4.78 is 16.1. The third-order valence-corrected chi connectivity index (χ3v) is 3.38. The highest BCUT2D eigenvalue weighted by molar-refractivity contribution is 6.30. The van der Waals surface area contributed by atoms with E-state index in [1.54, 1.807) is 31.2 Å². The molecule has 0 saturated heterocycles. The van der Waals surface area contributed by atoms with Crippen molar-refractivity contribution in [3.05, 3.63) is 71.8 Å². The fourth-order valence-corrected chi connectivity index (χ4v) is 2.00. The zero-order valence-electron chi connectivity index (χ0n) is 13.4. The molecule has 0 radical (unpaired) electrons. The fraction of sp³-hybridized carbons (Fsp3) is 0.211. The van der Waals surface area contributed by atoms with E-state index >= 15 is 0 Å². The highest BCUT2D eigenvalue weighted by Crippen LogP contribution is 2.18. The van der Waals surface area contributed by atoms with Crippen LogP contribution in [0.2, 0.25) is 5.02 Å². The Kier molecular flexibility index (Phi) is 6.70. The molecule has 1 unspecified atom stereocenters. The first kappa shape index (κ1) is 17.9. The van der Waals surface area contributed by atoms with Crippen molar-refractivity contribution in [1.29, 1.82) is 0 Å². The van der Waals surface area contributed by atoms with Gasteiger partial charge in [-0.05, 0) is 48.9 Å². The molecule has 0 amide bonds. The average molecular weight is 347 g/mol. The summed E-state index contributed by atoms with van der Waals surface area (Å²) in [5.41, 5.74) is 0.985. The molecular formula is C19H19ClO4. The third kappa shape index (κ3) is 5.63. The average Bonchev–Trinajstić information content (AvgIpc) is 2.60. The number of esters is 1. The van der Waals surface area contributed by atoms with E-state index < -0.39 is 12.1 Å². The van der Waals surface area contributed by atoms with Crippen LogP contribution < -0.4 is 9.47 Å². The first-order chi connectivity index (χ1) is 11.6. The molecule has 0 heterocycles. The van der Waals surface area contributed by atoms with Gasteiger partial charge in [0.1, 0.15) is 24.7 Å². The fourth-order valence-electron chi connectivity index (χ4n) is 1.87. The lowest BCUT2D eigenvalue weighted by atomic mass is 10.2. The predicted molar refractivity (Wildman–Crippen MR) is 93.5 cm³/mol. The topological polar surface area (TPSA) is 44.8 Å². The zero-order valence-corrected chi connectivity index (χ0v) is 14.2. The maximum atomic E-state index is 11.6. The molecule has 0 saturated carbocycles. The van der Waals surface area contributed by atoms with Crippen LogP contribution in [0.15, 0.2) is 61.2 Å². The number of hydrogen-bond acceptors (Lipinski definition) is 4. The van der Waals surface area contributed by atoms with Crippen LogP contribution in [-0.4, -0.2) is 18.7 Å². The molecule has 126 valence electrons. The normalized spacial score (nSPS) is 11.4. The van der Waals surface area contributed by atoms with Gasteiger partial charge in [-0.3, -0.25) is 0 Å². The first-order valence-corrected chi connectivity index (χ1v) is 7.88. The van der Waals surface area contributed by atoms with E-state index in [-0.39, 0.29) is 6.61 Å². The molecule has 0 bridgehead atoms. The molecule has 0 fully saturated rings. The van der Waals surface area contributed by atoms with Crippen molar-refractivity contribution in [3.63, 3.8) is 0 Å². The van der Waals surface area contributed by atoms with Crippen molar-refractivity contribution in [3.8, 4) is 11.5 Å². The van der Waals surface area contributed by atoms with Crippen LogP contribution in [0, 0.1) is 0 Å². The minimum Gasteiger partial charge on any atom is -0.489 e. The van der Waals surface area contributed by atoms with Crippen molar-refractivity contribution in [2.75, 3.05) is 6.61 Å². The number of benzene rings is 2. The van der Waals surface area contributed by atoms with E-state index in [1.807, 2.05) is 24.3 Å². The molecule has 2 aromatic rings. The zero-order chi connectivity index (χ0) is 17.4. The summed E-state index contributed by atoms with van der Waals surface area (Å²) in [6.07, 6.45) is 0.834. The standard InChI is InChI=1S/C19H19ClO4/c1-3-12-22-19(21)14(2)24-18-8-4-15(5-9-18)13-23-17-10-6-16(20)7-11-17/h3-11,14H,1,12-13H2,2H3. The van der Waals surface area contributed by atoms with Gasteiger partial charge in [-0.15, -0.1) is 0 Å². The van der Waals surface area contributed by atoms with Crippen molar-refractivity contribution in [1.82, 2.24) is 0 Å². The molecule has 1 atom stereocenters. The lowest BCUT2D eigenvalue weighted by Gasteiger charge is -2.13. The van der Waals surface area contributed by atoms with E-state index in [0.29, 0.717) is 17.4 Å². The van der Waals surface area contributed by atoms with Crippen LogP contribution in [0.25, 0.3) is 0 Å². The van der Waals surface area contributed by atoms with Gasteiger partial charge in [0.15, 0.2) is 6.10 Å². The van der Waals surface area contributed by atoms with Gasteiger partial charge in [0.05, 0.1) is 0 Å². The molecule has 0 spiro atoms. The molecule has 0 aliphatic rings. The van der Waals surface area contributed by atoms with Crippen molar-refractivity contribution in [2.24, 2.45) is 0 Å². The van der Waals surface area contributed by atoms with E-state index in [1.165, 1.54) is 6.08 Å². The second-order valence-corrected chi connectivity index (χ2v) is 5.50. The van der Waals surface area contributed by atoms with Crippen molar-refractivity contribution >= 4 is 17.6 Å². The maximum absolute atomic E-state index is 11.6. The molecule has 2 aromatic carbocycles. The first-order valence-electron chi connectivity index (χ1n) is 7.50. The van der Waals surface area contributed by atoms with Crippen molar-refractivity contribution in [2.45, 2.75) is 19.6 Å². The van der Waals surface area contributed by atoms with Gasteiger partial charge in [-0.1, -0.05) is 36.4 Å². The number of ether oxygens (including phenoxy) is 3. The Bertz CT molecular complexity index is 665. The Morgan fingerprint density at radius 3 is 2.38 bits per heavy atom. The Hall–Kier alpha value is -2.46. The van der Waals surface area contributed by atoms with Gasteiger partial charge in [-0.25, -0.2) is 4.79 Å². The second kappa shape index (κ2) is 8.99. The predicted octanol–water partition coefficient (Wildman–Crippen LogP) is 4.42. The van der Waals surface area contributed by atoms with Gasteiger partial charge in [0.25, 0.3) is 0 Å². The number of carbonyl (C=O) groups excluding carboxylic acids is 1. The Morgan fingerprint density at radius 1 is 1.12 bits per heavy atom. The summed E-state index contributed by atoms with van der Waals surface area (Å²) in [5.74, 6) is 0.914. The molecule has 0 N–H and O–H groups in total. The molecule has 24 heavy (non-hydrogen) atoms. The molecule has 5 heteroatoms. The highest BCUT2D eigenvalue weighted by atomic mass is 35.5. The van der Waals surface area contributed by atoms with E-state index in [2.05, 4.69) is 6.58 Å². The van der Waals surface area contributed by atoms with Gasteiger partial charge in [0.2, 0.25) is 0 Å². The Balaban J connectivity index is 1.84. The number of hydrogen-bond donors (Lipinski definition) is 0. The summed E-state index contributed by atoms with van der Waals surface area (Å²) in [6.45, 7) is 5.74. The van der Waals surface area contributed by atoms with Gasteiger partial charge in [-0.2, -0.15) is 0 Å². The SMILES string of the molecule is C=CCOC(=O)C(C)Oc1ccc(COc2ccc(Cl)cc2)cc1. The summed E-state index contributed by atoms with van der Waals surface area (Å²) in [6, 6.07) is 14.5. The number of rotatable bonds is 8. The van der Waals surface area contributed by atoms with Gasteiger partial charge in [0, 0.05) is 5.02 Å². The lowest BCUT2D eigenvalue weighted by molar-refractivity contribution is -0.149. The van der Waals surface area contributed by atoms with Crippen LogP contribution >= 0.6 is 11.6 Å². The lowest BCUT2D eigenvalue weighted by Crippen LogP contribution is -2.26. The Labute approximate surface area is 146 Å². The Morgan fingerprint density at radius 2 is 1.75 bits per heavy atom. The van der Waals surface area contributed by atoms with Crippen LogP contribution in [0.1, 0.15) is 12.5 Å². The molecule has 0 aromatic heterocycles. The molecular weight excluding hydrogens is 328 g/mol. The highest BCUT2D eigenvalue weighted by Gasteiger charge is 2.15. The maximum Gasteiger partial charge on any atom is 0.347 e. The third-order valence-electron chi connectivity index (χ3n) is 3.13. The molecule has 0 aliphatic heterocycles. The van der Waals surface area contributed by atoms with Crippen LogP contribution in [0.4, 0.5) is 0 Å². The van der Waals surface area contributed by atoms with Gasteiger partial charge >= 0.3 is 5.97 Å².